The van der Waals surface area contributed by atoms with E-state index in [1.165, 1.54) is 0 Å². The molecule has 2 aromatic carbocycles. The molecular weight excluding hydrogens is 240 g/mol. The highest BCUT2D eigenvalue weighted by Gasteiger charge is 2.07. The van der Waals surface area contributed by atoms with Crippen molar-refractivity contribution in [1.82, 2.24) is 0 Å². The fourth-order valence-electron chi connectivity index (χ4n) is 1.71. The lowest BCUT2D eigenvalue weighted by atomic mass is 10.0. The van der Waals surface area contributed by atoms with Crippen LogP contribution in [0.15, 0.2) is 36.4 Å². The van der Waals surface area contributed by atoms with Crippen LogP contribution in [0, 0.1) is 6.92 Å². The lowest BCUT2D eigenvalue weighted by Gasteiger charge is -2.08. The molecule has 0 heterocycles. The highest BCUT2D eigenvalue weighted by Crippen LogP contribution is 2.34. The molecule has 3 nitrogen and oxygen atoms in total. The highest BCUT2D eigenvalue weighted by molar-refractivity contribution is 5.72. The summed E-state index contributed by atoms with van der Waals surface area (Å²) in [6, 6.07) is 10.4. The van der Waals surface area contributed by atoms with Gasteiger partial charge in [-0.3, -0.25) is 0 Å². The number of benzene rings is 2. The summed E-state index contributed by atoms with van der Waals surface area (Å²) in [6.07, 6.45) is 0. The molecule has 0 aliphatic rings. The van der Waals surface area contributed by atoms with Crippen LogP contribution in [0.3, 0.4) is 0 Å². The average Bonchev–Trinajstić information content (AvgIpc) is 2.44. The second kappa shape index (κ2) is 6.69. The molecule has 102 valence electrons. The molecule has 0 aliphatic heterocycles. The number of ether oxygens (including phenoxy) is 1. The van der Waals surface area contributed by atoms with Crippen LogP contribution >= 0.6 is 0 Å². The number of hydrogen-bond donors (Lipinski definition) is 2. The van der Waals surface area contributed by atoms with Crippen molar-refractivity contribution in [3.05, 3.63) is 42.0 Å². The maximum absolute atomic E-state index is 9.89. The molecular formula is C16H20O3. The third-order valence-corrected chi connectivity index (χ3v) is 2.71. The molecule has 2 rings (SSSR count). The minimum absolute atomic E-state index is 0.162. The van der Waals surface area contributed by atoms with Gasteiger partial charge in [0.2, 0.25) is 0 Å². The third-order valence-electron chi connectivity index (χ3n) is 2.71. The van der Waals surface area contributed by atoms with Crippen LogP contribution in [0.5, 0.6) is 17.2 Å². The van der Waals surface area contributed by atoms with E-state index in [1.807, 2.05) is 26.8 Å². The van der Waals surface area contributed by atoms with Crippen molar-refractivity contribution >= 4 is 0 Å². The number of methoxy groups -OCH3 is 1. The summed E-state index contributed by atoms with van der Waals surface area (Å²) in [5.41, 5.74) is 2.35. The maximum atomic E-state index is 9.89. The van der Waals surface area contributed by atoms with Gasteiger partial charge in [-0.25, -0.2) is 0 Å². The van der Waals surface area contributed by atoms with Crippen molar-refractivity contribution in [3.8, 4) is 28.4 Å². The van der Waals surface area contributed by atoms with E-state index in [1.54, 1.807) is 37.4 Å². The zero-order chi connectivity index (χ0) is 14.4. The third kappa shape index (κ3) is 3.41. The second-order valence-electron chi connectivity index (χ2n) is 3.88. The Morgan fingerprint density at radius 3 is 2.11 bits per heavy atom. The van der Waals surface area contributed by atoms with E-state index in [0.29, 0.717) is 11.3 Å². The lowest BCUT2D eigenvalue weighted by molar-refractivity contribution is 0.408. The zero-order valence-corrected chi connectivity index (χ0v) is 11.8. The predicted molar refractivity (Wildman–Crippen MR) is 77.8 cm³/mol. The molecule has 0 aliphatic carbocycles. The van der Waals surface area contributed by atoms with Crippen LogP contribution in [-0.4, -0.2) is 17.3 Å². The minimum Gasteiger partial charge on any atom is -0.508 e. The van der Waals surface area contributed by atoms with Crippen LogP contribution in [0.2, 0.25) is 0 Å². The van der Waals surface area contributed by atoms with Gasteiger partial charge in [0.1, 0.15) is 17.2 Å². The minimum atomic E-state index is 0.162. The van der Waals surface area contributed by atoms with E-state index >= 15 is 0 Å². The summed E-state index contributed by atoms with van der Waals surface area (Å²) < 4.78 is 5.03. The number of aromatic hydroxyl groups is 2. The van der Waals surface area contributed by atoms with Gasteiger partial charge in [-0.15, -0.1) is 0 Å². The first kappa shape index (κ1) is 14.9. The van der Waals surface area contributed by atoms with Crippen molar-refractivity contribution < 1.29 is 14.9 Å². The van der Waals surface area contributed by atoms with Crippen molar-refractivity contribution in [3.63, 3.8) is 0 Å². The molecule has 0 unspecified atom stereocenters. The Balaban J connectivity index is 0.000000861. The average molecular weight is 260 g/mol. The van der Waals surface area contributed by atoms with E-state index in [2.05, 4.69) is 0 Å². The SMILES string of the molecule is CC.COc1ccc(-c2ccc(O)c(C)c2)c(O)c1. The molecule has 2 aromatic rings. The number of phenols is 2. The van der Waals surface area contributed by atoms with Gasteiger partial charge in [0.25, 0.3) is 0 Å². The van der Waals surface area contributed by atoms with E-state index in [-0.39, 0.29) is 11.5 Å². The summed E-state index contributed by atoms with van der Waals surface area (Å²) in [4.78, 5) is 0. The number of aryl methyl sites for hydroxylation is 1. The molecule has 19 heavy (non-hydrogen) atoms. The van der Waals surface area contributed by atoms with E-state index in [4.69, 9.17) is 4.74 Å². The van der Waals surface area contributed by atoms with Crippen molar-refractivity contribution in [1.29, 1.82) is 0 Å². The molecule has 3 heteroatoms. The normalized spacial score (nSPS) is 9.47. The number of hydrogen-bond acceptors (Lipinski definition) is 3. The van der Waals surface area contributed by atoms with Gasteiger partial charge >= 0.3 is 0 Å². The number of rotatable bonds is 2. The topological polar surface area (TPSA) is 49.7 Å². The van der Waals surface area contributed by atoms with Gasteiger partial charge in [0, 0.05) is 11.6 Å². The largest absolute Gasteiger partial charge is 0.508 e. The fourth-order valence-corrected chi connectivity index (χ4v) is 1.71. The Morgan fingerprint density at radius 2 is 1.58 bits per heavy atom. The molecule has 0 radical (unpaired) electrons. The molecule has 0 aromatic heterocycles. The molecule has 0 bridgehead atoms. The van der Waals surface area contributed by atoms with Gasteiger partial charge in [0.05, 0.1) is 7.11 Å². The number of phenolic OH excluding ortho intramolecular Hbond substituents is 2. The zero-order valence-electron chi connectivity index (χ0n) is 11.8. The van der Waals surface area contributed by atoms with Crippen LogP contribution in [0.1, 0.15) is 19.4 Å². The van der Waals surface area contributed by atoms with Crippen LogP contribution < -0.4 is 4.74 Å². The van der Waals surface area contributed by atoms with Crippen LogP contribution in [0.25, 0.3) is 11.1 Å². The highest BCUT2D eigenvalue weighted by atomic mass is 16.5. The standard InChI is InChI=1S/C14H14O3.C2H6/c1-9-7-10(3-6-13(9)15)12-5-4-11(17-2)8-14(12)16;1-2/h3-8,15-16H,1-2H3;1-2H3. The van der Waals surface area contributed by atoms with Crippen LogP contribution in [0.4, 0.5) is 0 Å². The first-order valence-corrected chi connectivity index (χ1v) is 6.29. The molecule has 0 atom stereocenters. The maximum Gasteiger partial charge on any atom is 0.127 e. The van der Waals surface area contributed by atoms with E-state index < -0.39 is 0 Å². The molecule has 0 spiro atoms. The Bertz CT molecular complexity index is 548. The van der Waals surface area contributed by atoms with Crippen LogP contribution in [-0.2, 0) is 0 Å². The molecule has 2 N–H and O–H groups in total. The summed E-state index contributed by atoms with van der Waals surface area (Å²) in [7, 11) is 1.55. The second-order valence-corrected chi connectivity index (χ2v) is 3.88. The van der Waals surface area contributed by atoms with Gasteiger partial charge in [-0.2, -0.15) is 0 Å². The van der Waals surface area contributed by atoms with E-state index in [0.717, 1.165) is 11.1 Å². The molecule has 0 fully saturated rings. The summed E-state index contributed by atoms with van der Waals surface area (Å²) in [5, 5.41) is 19.4. The first-order chi connectivity index (χ1) is 9.11. The monoisotopic (exact) mass is 260 g/mol. The summed E-state index contributed by atoms with van der Waals surface area (Å²) in [6.45, 7) is 5.82. The predicted octanol–water partition coefficient (Wildman–Crippen LogP) is 4.11. The van der Waals surface area contributed by atoms with E-state index in [9.17, 15) is 10.2 Å². The Labute approximate surface area is 114 Å². The smallest absolute Gasteiger partial charge is 0.127 e. The first-order valence-electron chi connectivity index (χ1n) is 6.29. The molecule has 0 saturated heterocycles. The summed E-state index contributed by atoms with van der Waals surface area (Å²) >= 11 is 0. The lowest BCUT2D eigenvalue weighted by Crippen LogP contribution is -1.85. The molecule has 0 amide bonds. The van der Waals surface area contributed by atoms with Crippen molar-refractivity contribution in [2.24, 2.45) is 0 Å². The van der Waals surface area contributed by atoms with Gasteiger partial charge in [0.15, 0.2) is 0 Å². The van der Waals surface area contributed by atoms with Gasteiger partial charge < -0.3 is 14.9 Å². The Morgan fingerprint density at radius 1 is 0.895 bits per heavy atom. The van der Waals surface area contributed by atoms with Gasteiger partial charge in [-0.05, 0) is 42.3 Å². The van der Waals surface area contributed by atoms with Crippen molar-refractivity contribution in [2.75, 3.05) is 7.11 Å². The van der Waals surface area contributed by atoms with Crippen molar-refractivity contribution in [2.45, 2.75) is 20.8 Å². The Kier molecular flexibility index (Phi) is 5.24. The van der Waals surface area contributed by atoms with Gasteiger partial charge in [-0.1, -0.05) is 19.9 Å². The molecule has 0 saturated carbocycles. The quantitative estimate of drug-likeness (QED) is 0.854. The fraction of sp³-hybridized carbons (Fsp3) is 0.250. The summed E-state index contributed by atoms with van der Waals surface area (Å²) in [5.74, 6) is 1.03. The Hall–Kier alpha value is -2.16.